The van der Waals surface area contributed by atoms with Gasteiger partial charge in [-0.2, -0.15) is 0 Å². The summed E-state index contributed by atoms with van der Waals surface area (Å²) in [6.07, 6.45) is 9.81. The largest absolute Gasteiger partial charge is 0.385 e. The Morgan fingerprint density at radius 3 is 2.64 bits per heavy atom. The molecule has 0 aromatic heterocycles. The Hall–Kier alpha value is -0.630. The molecule has 22 heavy (non-hydrogen) atoms. The van der Waals surface area contributed by atoms with E-state index in [0.29, 0.717) is 23.7 Å². The van der Waals surface area contributed by atoms with E-state index < -0.39 is 6.10 Å². The predicted octanol–water partition coefficient (Wildman–Crippen LogP) is 4.13. The topological polar surface area (TPSA) is 37.3 Å². The van der Waals surface area contributed by atoms with Gasteiger partial charge in [0.1, 0.15) is 6.10 Å². The first-order valence-electron chi connectivity index (χ1n) is 9.28. The highest BCUT2D eigenvalue weighted by Gasteiger charge is 2.60. The number of rotatable bonds is 0. The molecule has 4 aliphatic rings. The lowest BCUT2D eigenvalue weighted by Gasteiger charge is -2.56. The van der Waals surface area contributed by atoms with Gasteiger partial charge in [0.25, 0.3) is 0 Å². The highest BCUT2D eigenvalue weighted by atomic mass is 16.3. The fourth-order valence-corrected chi connectivity index (χ4v) is 6.63. The summed E-state index contributed by atoms with van der Waals surface area (Å²) >= 11 is 0. The summed E-state index contributed by atoms with van der Waals surface area (Å²) < 4.78 is 0. The monoisotopic (exact) mass is 302 g/mol. The summed E-state index contributed by atoms with van der Waals surface area (Å²) in [4.78, 5) is 12.5. The SMILES string of the molecule is C[C@H]1CC[C@@]2(C)C(=CC[C@@H]3[C@@H]2CC[C@]2(C)C(=O)[C@H](O)C[C@@H]32)C1. The fraction of sp³-hybridized carbons (Fsp3) is 0.850. The molecule has 0 heterocycles. The van der Waals surface area contributed by atoms with Crippen molar-refractivity contribution in [3.05, 3.63) is 11.6 Å². The van der Waals surface area contributed by atoms with Gasteiger partial charge in [0.2, 0.25) is 0 Å². The van der Waals surface area contributed by atoms with E-state index in [1.807, 2.05) is 0 Å². The first-order chi connectivity index (χ1) is 10.4. The second-order valence-electron chi connectivity index (χ2n) is 9.18. The quantitative estimate of drug-likeness (QED) is 0.683. The van der Waals surface area contributed by atoms with E-state index in [4.69, 9.17) is 0 Å². The van der Waals surface area contributed by atoms with Crippen LogP contribution in [0, 0.1) is 34.5 Å². The van der Waals surface area contributed by atoms with Gasteiger partial charge in [-0.25, -0.2) is 0 Å². The van der Waals surface area contributed by atoms with Crippen molar-refractivity contribution in [1.29, 1.82) is 0 Å². The molecule has 0 aliphatic heterocycles. The summed E-state index contributed by atoms with van der Waals surface area (Å²) in [7, 11) is 0. The van der Waals surface area contributed by atoms with E-state index in [2.05, 4.69) is 26.8 Å². The van der Waals surface area contributed by atoms with E-state index in [1.54, 1.807) is 5.57 Å². The van der Waals surface area contributed by atoms with Crippen molar-refractivity contribution in [2.75, 3.05) is 0 Å². The Bertz CT molecular complexity index is 536. The van der Waals surface area contributed by atoms with Gasteiger partial charge in [-0.3, -0.25) is 4.79 Å². The van der Waals surface area contributed by atoms with Crippen LogP contribution in [0.25, 0.3) is 0 Å². The van der Waals surface area contributed by atoms with Crippen LogP contribution in [0.5, 0.6) is 0 Å². The fourth-order valence-electron chi connectivity index (χ4n) is 6.63. The smallest absolute Gasteiger partial charge is 0.167 e. The van der Waals surface area contributed by atoms with E-state index in [1.165, 1.54) is 25.7 Å². The van der Waals surface area contributed by atoms with E-state index in [0.717, 1.165) is 24.7 Å². The van der Waals surface area contributed by atoms with Gasteiger partial charge < -0.3 is 5.11 Å². The number of hydrogen-bond donors (Lipinski definition) is 1. The van der Waals surface area contributed by atoms with Crippen molar-refractivity contribution in [3.63, 3.8) is 0 Å². The number of allylic oxidation sites excluding steroid dienone is 2. The van der Waals surface area contributed by atoms with Crippen LogP contribution in [-0.4, -0.2) is 17.0 Å². The van der Waals surface area contributed by atoms with Crippen LogP contribution in [-0.2, 0) is 4.79 Å². The maximum absolute atomic E-state index is 12.5. The minimum Gasteiger partial charge on any atom is -0.385 e. The molecule has 0 unspecified atom stereocenters. The Morgan fingerprint density at radius 2 is 1.86 bits per heavy atom. The Kier molecular flexibility index (Phi) is 3.18. The van der Waals surface area contributed by atoms with E-state index in [9.17, 15) is 9.90 Å². The van der Waals surface area contributed by atoms with Crippen LogP contribution in [0.3, 0.4) is 0 Å². The number of carbonyl (C=O) groups is 1. The zero-order chi connectivity index (χ0) is 15.7. The molecule has 0 saturated heterocycles. The predicted molar refractivity (Wildman–Crippen MR) is 87.3 cm³/mol. The highest BCUT2D eigenvalue weighted by molar-refractivity contribution is 5.91. The molecule has 0 radical (unpaired) electrons. The lowest BCUT2D eigenvalue weighted by molar-refractivity contribution is -0.136. The van der Waals surface area contributed by atoms with Crippen molar-refractivity contribution in [2.24, 2.45) is 34.5 Å². The normalized spacial score (nSPS) is 54.3. The number of ketones is 1. The molecular weight excluding hydrogens is 272 g/mol. The maximum atomic E-state index is 12.5. The molecular formula is C20H30O2. The minimum atomic E-state index is -0.696. The molecule has 1 N–H and O–H groups in total. The zero-order valence-electron chi connectivity index (χ0n) is 14.3. The molecule has 0 aromatic carbocycles. The van der Waals surface area contributed by atoms with Gasteiger partial charge in [-0.1, -0.05) is 32.4 Å². The Labute approximate surface area is 134 Å². The summed E-state index contributed by atoms with van der Waals surface area (Å²) in [6.45, 7) is 7.02. The van der Waals surface area contributed by atoms with E-state index >= 15 is 0 Å². The standard InChI is InChI=1S/C20H30O2/c1-12-6-8-19(2)13(10-12)4-5-14-15(19)7-9-20(3)16(14)11-17(21)18(20)22/h4,12,14-17,21H,5-11H2,1-3H3/t12-,14+,15-,16-,17+,19-,20-/m0/s1. The average molecular weight is 302 g/mol. The lowest BCUT2D eigenvalue weighted by atomic mass is 9.47. The van der Waals surface area contributed by atoms with Crippen LogP contribution in [0.15, 0.2) is 11.6 Å². The Balaban J connectivity index is 1.70. The maximum Gasteiger partial charge on any atom is 0.167 e. The van der Waals surface area contributed by atoms with Crippen LogP contribution in [0.4, 0.5) is 0 Å². The molecule has 3 saturated carbocycles. The van der Waals surface area contributed by atoms with Crippen molar-refractivity contribution >= 4 is 5.78 Å². The van der Waals surface area contributed by atoms with Crippen molar-refractivity contribution in [3.8, 4) is 0 Å². The molecule has 7 atom stereocenters. The number of aliphatic hydroxyl groups is 1. The zero-order valence-corrected chi connectivity index (χ0v) is 14.3. The van der Waals surface area contributed by atoms with Crippen molar-refractivity contribution in [2.45, 2.75) is 71.8 Å². The molecule has 0 amide bonds. The molecule has 122 valence electrons. The van der Waals surface area contributed by atoms with Crippen LogP contribution in [0.1, 0.15) is 65.7 Å². The first-order valence-corrected chi connectivity index (χ1v) is 9.28. The van der Waals surface area contributed by atoms with Crippen LogP contribution >= 0.6 is 0 Å². The molecule has 2 heteroatoms. The average Bonchev–Trinajstić information content (AvgIpc) is 2.72. The second-order valence-corrected chi connectivity index (χ2v) is 9.18. The van der Waals surface area contributed by atoms with Gasteiger partial charge in [0.15, 0.2) is 5.78 Å². The van der Waals surface area contributed by atoms with Gasteiger partial charge in [-0.15, -0.1) is 0 Å². The summed E-state index contributed by atoms with van der Waals surface area (Å²) in [6, 6.07) is 0. The number of aliphatic hydroxyl groups excluding tert-OH is 1. The summed E-state index contributed by atoms with van der Waals surface area (Å²) in [5.74, 6) is 2.72. The molecule has 3 fully saturated rings. The Morgan fingerprint density at radius 1 is 1.14 bits per heavy atom. The number of fused-ring (bicyclic) bond motifs is 5. The third kappa shape index (κ3) is 1.79. The molecule has 0 aromatic rings. The number of Topliss-reactive ketones (excluding diaryl/α,β-unsaturated/α-hetero) is 1. The molecule has 4 rings (SSSR count). The highest BCUT2D eigenvalue weighted by Crippen LogP contribution is 2.64. The number of carbonyl (C=O) groups excluding carboxylic acids is 1. The molecule has 0 spiro atoms. The molecule has 0 bridgehead atoms. The van der Waals surface area contributed by atoms with Gasteiger partial charge in [0, 0.05) is 5.41 Å². The van der Waals surface area contributed by atoms with Gasteiger partial charge >= 0.3 is 0 Å². The number of hydrogen-bond acceptors (Lipinski definition) is 2. The minimum absolute atomic E-state index is 0.133. The summed E-state index contributed by atoms with van der Waals surface area (Å²) in [5, 5.41) is 10.2. The summed E-state index contributed by atoms with van der Waals surface area (Å²) in [5.41, 5.74) is 1.83. The van der Waals surface area contributed by atoms with Crippen LogP contribution < -0.4 is 0 Å². The van der Waals surface area contributed by atoms with Crippen molar-refractivity contribution < 1.29 is 9.90 Å². The molecule has 2 nitrogen and oxygen atoms in total. The van der Waals surface area contributed by atoms with Gasteiger partial charge in [-0.05, 0) is 74.0 Å². The molecule has 4 aliphatic carbocycles. The second kappa shape index (κ2) is 4.69. The third-order valence-electron chi connectivity index (χ3n) is 8.08. The third-order valence-corrected chi connectivity index (χ3v) is 8.08. The van der Waals surface area contributed by atoms with Crippen molar-refractivity contribution in [1.82, 2.24) is 0 Å². The lowest BCUT2D eigenvalue weighted by Crippen LogP contribution is -2.50. The van der Waals surface area contributed by atoms with E-state index in [-0.39, 0.29) is 11.2 Å². The first kappa shape index (κ1) is 14.9. The van der Waals surface area contributed by atoms with Gasteiger partial charge in [0.05, 0.1) is 0 Å². The van der Waals surface area contributed by atoms with Crippen LogP contribution in [0.2, 0.25) is 0 Å².